The molecule has 1 atom stereocenters. The fourth-order valence-corrected chi connectivity index (χ4v) is 3.71. The molecule has 3 rings (SSSR count). The van der Waals surface area contributed by atoms with Gasteiger partial charge >= 0.3 is 5.97 Å². The first-order valence-electron chi connectivity index (χ1n) is 8.29. The topological polar surface area (TPSA) is 77.9 Å². The van der Waals surface area contributed by atoms with E-state index in [2.05, 4.69) is 0 Å². The van der Waals surface area contributed by atoms with Crippen molar-refractivity contribution in [1.29, 1.82) is 0 Å². The number of aryl methyl sites for hydroxylation is 2. The van der Waals surface area contributed by atoms with Crippen molar-refractivity contribution in [3.8, 4) is 0 Å². The molecule has 6 heteroatoms. The Balaban J connectivity index is 1.76. The number of hydrogen-bond donors (Lipinski definition) is 1. The van der Waals surface area contributed by atoms with Gasteiger partial charge in [0, 0.05) is 0 Å². The second-order valence-corrected chi connectivity index (χ2v) is 6.78. The van der Waals surface area contributed by atoms with Crippen molar-refractivity contribution in [1.82, 2.24) is 4.90 Å². The van der Waals surface area contributed by atoms with Gasteiger partial charge in [0.15, 0.2) is 0 Å². The van der Waals surface area contributed by atoms with E-state index in [4.69, 9.17) is 5.11 Å². The average Bonchev–Trinajstić information content (AvgIpc) is 2.81. The SMILES string of the molecule is Cc1cc(C)cc(N2C(=O)C[C@@H](N3CCC(C(=O)O)CC3)C2=O)c1. The van der Waals surface area contributed by atoms with Crippen LogP contribution in [-0.4, -0.2) is 46.9 Å². The fourth-order valence-electron chi connectivity index (χ4n) is 3.71. The van der Waals surface area contributed by atoms with Crippen molar-refractivity contribution >= 4 is 23.5 Å². The summed E-state index contributed by atoms with van der Waals surface area (Å²) in [4.78, 5) is 39.5. The summed E-state index contributed by atoms with van der Waals surface area (Å²) in [6.45, 7) is 4.97. The quantitative estimate of drug-likeness (QED) is 0.854. The highest BCUT2D eigenvalue weighted by Gasteiger charge is 2.43. The molecule has 2 saturated heterocycles. The van der Waals surface area contributed by atoms with Gasteiger partial charge in [-0.05, 0) is 63.0 Å². The molecule has 2 amide bonds. The number of aliphatic carboxylic acids is 1. The zero-order valence-corrected chi connectivity index (χ0v) is 14.0. The lowest BCUT2D eigenvalue weighted by atomic mass is 9.96. The summed E-state index contributed by atoms with van der Waals surface area (Å²) in [5.74, 6) is -1.50. The van der Waals surface area contributed by atoms with E-state index in [9.17, 15) is 14.4 Å². The number of imide groups is 1. The summed E-state index contributed by atoms with van der Waals surface area (Å²) in [5.41, 5.74) is 2.65. The summed E-state index contributed by atoms with van der Waals surface area (Å²) in [6, 6.07) is 5.24. The van der Waals surface area contributed by atoms with Crippen LogP contribution < -0.4 is 4.90 Å². The van der Waals surface area contributed by atoms with Crippen LogP contribution in [0.15, 0.2) is 18.2 Å². The first-order chi connectivity index (χ1) is 11.4. The summed E-state index contributed by atoms with van der Waals surface area (Å²) in [7, 11) is 0. The Morgan fingerprint density at radius 1 is 1.08 bits per heavy atom. The molecule has 2 aliphatic rings. The zero-order valence-electron chi connectivity index (χ0n) is 14.0. The third kappa shape index (κ3) is 3.06. The van der Waals surface area contributed by atoms with E-state index >= 15 is 0 Å². The second-order valence-electron chi connectivity index (χ2n) is 6.78. The number of amides is 2. The molecule has 1 N–H and O–H groups in total. The molecule has 0 bridgehead atoms. The van der Waals surface area contributed by atoms with Crippen LogP contribution in [0.1, 0.15) is 30.4 Å². The van der Waals surface area contributed by atoms with E-state index < -0.39 is 12.0 Å². The number of anilines is 1. The second kappa shape index (κ2) is 6.36. The lowest BCUT2D eigenvalue weighted by Crippen LogP contribution is -2.46. The molecule has 2 heterocycles. The Morgan fingerprint density at radius 3 is 2.21 bits per heavy atom. The molecule has 0 aliphatic carbocycles. The summed E-state index contributed by atoms with van der Waals surface area (Å²) in [6.07, 6.45) is 1.22. The smallest absolute Gasteiger partial charge is 0.306 e. The first kappa shape index (κ1) is 16.6. The molecule has 1 aromatic carbocycles. The van der Waals surface area contributed by atoms with Crippen LogP contribution in [0, 0.1) is 19.8 Å². The number of carbonyl (C=O) groups excluding carboxylic acids is 2. The molecule has 24 heavy (non-hydrogen) atoms. The van der Waals surface area contributed by atoms with Crippen LogP contribution in [0.2, 0.25) is 0 Å². The van der Waals surface area contributed by atoms with Gasteiger partial charge in [0.25, 0.3) is 5.91 Å². The first-order valence-corrected chi connectivity index (χ1v) is 8.29. The van der Waals surface area contributed by atoms with Crippen molar-refractivity contribution in [3.63, 3.8) is 0 Å². The van der Waals surface area contributed by atoms with E-state index in [0.29, 0.717) is 31.6 Å². The lowest BCUT2D eigenvalue weighted by molar-refractivity contribution is -0.143. The molecule has 2 aliphatic heterocycles. The molecule has 128 valence electrons. The number of nitrogens with zero attached hydrogens (tertiary/aromatic N) is 2. The Morgan fingerprint density at radius 2 is 1.67 bits per heavy atom. The highest BCUT2D eigenvalue weighted by Crippen LogP contribution is 2.29. The standard InChI is InChI=1S/C18H22N2O4/c1-11-7-12(2)9-14(8-11)20-16(21)10-15(17(20)22)19-5-3-13(4-6-19)18(23)24/h7-9,13,15H,3-6,10H2,1-2H3,(H,23,24)/t15-/m1/s1. The Hall–Kier alpha value is -2.21. The van der Waals surface area contributed by atoms with Gasteiger partial charge in [-0.3, -0.25) is 19.3 Å². The van der Waals surface area contributed by atoms with Crippen LogP contribution in [0.25, 0.3) is 0 Å². The average molecular weight is 330 g/mol. The van der Waals surface area contributed by atoms with Gasteiger partial charge in [-0.2, -0.15) is 0 Å². The predicted molar refractivity (Wildman–Crippen MR) is 88.7 cm³/mol. The van der Waals surface area contributed by atoms with Crippen LogP contribution in [-0.2, 0) is 14.4 Å². The summed E-state index contributed by atoms with van der Waals surface area (Å²) in [5, 5.41) is 9.08. The minimum atomic E-state index is -0.777. The number of carbonyl (C=O) groups is 3. The highest BCUT2D eigenvalue weighted by molar-refractivity contribution is 6.22. The van der Waals surface area contributed by atoms with Gasteiger partial charge in [0.1, 0.15) is 0 Å². The number of piperidine rings is 1. The van der Waals surface area contributed by atoms with E-state index in [-0.39, 0.29) is 24.2 Å². The van der Waals surface area contributed by atoms with Gasteiger partial charge in [0.2, 0.25) is 5.91 Å². The highest BCUT2D eigenvalue weighted by atomic mass is 16.4. The maximum Gasteiger partial charge on any atom is 0.306 e. The van der Waals surface area contributed by atoms with Crippen LogP contribution in [0.4, 0.5) is 5.69 Å². The molecular formula is C18H22N2O4. The van der Waals surface area contributed by atoms with Crippen LogP contribution >= 0.6 is 0 Å². The van der Waals surface area contributed by atoms with Gasteiger partial charge in [-0.15, -0.1) is 0 Å². The monoisotopic (exact) mass is 330 g/mol. The van der Waals surface area contributed by atoms with E-state index in [0.717, 1.165) is 11.1 Å². The molecule has 2 fully saturated rings. The molecule has 0 aromatic heterocycles. The van der Waals surface area contributed by atoms with Crippen molar-refractivity contribution < 1.29 is 19.5 Å². The van der Waals surface area contributed by atoms with Crippen LogP contribution in [0.5, 0.6) is 0 Å². The fraction of sp³-hybridized carbons (Fsp3) is 0.500. The molecule has 6 nitrogen and oxygen atoms in total. The molecule has 0 radical (unpaired) electrons. The number of likely N-dealkylation sites (tertiary alicyclic amines) is 1. The van der Waals surface area contributed by atoms with Crippen molar-refractivity contribution in [3.05, 3.63) is 29.3 Å². The Kier molecular flexibility index (Phi) is 4.41. The zero-order chi connectivity index (χ0) is 17.4. The normalized spacial score (nSPS) is 23.1. The van der Waals surface area contributed by atoms with Gasteiger partial charge in [-0.25, -0.2) is 4.90 Å². The Bertz CT molecular complexity index is 672. The maximum atomic E-state index is 12.8. The van der Waals surface area contributed by atoms with Crippen molar-refractivity contribution in [2.75, 3.05) is 18.0 Å². The minimum absolute atomic E-state index is 0.170. The number of carboxylic acids is 1. The minimum Gasteiger partial charge on any atom is -0.481 e. The number of hydrogen-bond acceptors (Lipinski definition) is 4. The van der Waals surface area contributed by atoms with Crippen molar-refractivity contribution in [2.45, 2.75) is 39.2 Å². The molecular weight excluding hydrogens is 308 g/mol. The number of rotatable bonds is 3. The largest absolute Gasteiger partial charge is 0.481 e. The lowest BCUT2D eigenvalue weighted by Gasteiger charge is -2.33. The van der Waals surface area contributed by atoms with Crippen molar-refractivity contribution in [2.24, 2.45) is 5.92 Å². The maximum absolute atomic E-state index is 12.8. The summed E-state index contributed by atoms with van der Waals surface area (Å²) < 4.78 is 0. The predicted octanol–water partition coefficient (Wildman–Crippen LogP) is 1.73. The third-order valence-electron chi connectivity index (χ3n) is 4.91. The Labute approximate surface area is 141 Å². The number of benzene rings is 1. The number of carboxylic acid groups (broad SMARTS) is 1. The van der Waals surface area contributed by atoms with E-state index in [1.54, 1.807) is 0 Å². The van der Waals surface area contributed by atoms with E-state index in [1.807, 2.05) is 36.9 Å². The van der Waals surface area contributed by atoms with Gasteiger partial charge < -0.3 is 5.11 Å². The van der Waals surface area contributed by atoms with Crippen LogP contribution in [0.3, 0.4) is 0 Å². The van der Waals surface area contributed by atoms with E-state index in [1.165, 1.54) is 4.90 Å². The van der Waals surface area contributed by atoms with Gasteiger partial charge in [0.05, 0.1) is 24.1 Å². The molecule has 0 spiro atoms. The summed E-state index contributed by atoms with van der Waals surface area (Å²) >= 11 is 0. The molecule has 1 aromatic rings. The van der Waals surface area contributed by atoms with Gasteiger partial charge in [-0.1, -0.05) is 6.07 Å². The molecule has 0 unspecified atom stereocenters. The molecule has 0 saturated carbocycles. The third-order valence-corrected chi connectivity index (χ3v) is 4.91.